The minimum absolute atomic E-state index is 0.575. The molecule has 122 valence electrons. The van der Waals surface area contributed by atoms with E-state index in [2.05, 4.69) is 31.0 Å². The van der Waals surface area contributed by atoms with Gasteiger partial charge in [0.05, 0.1) is 0 Å². The second-order valence-corrected chi connectivity index (χ2v) is 8.97. The first-order valence-electron chi connectivity index (χ1n) is 9.51. The summed E-state index contributed by atoms with van der Waals surface area (Å²) in [7, 11) is 0. The van der Waals surface area contributed by atoms with E-state index in [1.165, 1.54) is 71.1 Å². The predicted octanol–water partition coefficient (Wildman–Crippen LogP) is 3.91. The van der Waals surface area contributed by atoms with Gasteiger partial charge in [0, 0.05) is 25.7 Å². The van der Waals surface area contributed by atoms with Gasteiger partial charge in [0.2, 0.25) is 0 Å². The van der Waals surface area contributed by atoms with Crippen molar-refractivity contribution in [2.45, 2.75) is 71.8 Å². The molecule has 3 rings (SSSR count). The Balaban J connectivity index is 1.58. The van der Waals surface area contributed by atoms with Crippen molar-refractivity contribution in [3.63, 3.8) is 0 Å². The molecular weight excluding hydrogens is 256 g/mol. The van der Waals surface area contributed by atoms with Crippen molar-refractivity contribution in [1.82, 2.24) is 10.2 Å². The smallest absolute Gasteiger partial charge is 0.00988 e. The molecule has 2 heteroatoms. The van der Waals surface area contributed by atoms with Gasteiger partial charge in [-0.15, -0.1) is 0 Å². The molecule has 1 saturated heterocycles. The van der Waals surface area contributed by atoms with Crippen LogP contribution in [-0.4, -0.2) is 37.1 Å². The molecule has 2 nitrogen and oxygen atoms in total. The summed E-state index contributed by atoms with van der Waals surface area (Å²) in [6, 6.07) is 0.941. The number of nitrogens with zero attached hydrogens (tertiary/aromatic N) is 1. The van der Waals surface area contributed by atoms with Crippen LogP contribution in [0, 0.1) is 23.2 Å². The van der Waals surface area contributed by atoms with Crippen LogP contribution in [0.2, 0.25) is 0 Å². The maximum atomic E-state index is 3.80. The van der Waals surface area contributed by atoms with Crippen molar-refractivity contribution in [2.24, 2.45) is 23.2 Å². The summed E-state index contributed by atoms with van der Waals surface area (Å²) in [5.74, 6) is 2.77. The minimum atomic E-state index is 0.575. The monoisotopic (exact) mass is 292 g/mol. The zero-order valence-electron chi connectivity index (χ0n) is 14.5. The summed E-state index contributed by atoms with van der Waals surface area (Å²) in [6.45, 7) is 12.3. The van der Waals surface area contributed by atoms with Gasteiger partial charge in [0.25, 0.3) is 0 Å². The van der Waals surface area contributed by atoms with Gasteiger partial charge in [-0.3, -0.25) is 4.90 Å². The van der Waals surface area contributed by atoms with E-state index in [1.807, 2.05) is 0 Å². The van der Waals surface area contributed by atoms with E-state index in [0.29, 0.717) is 5.41 Å². The van der Waals surface area contributed by atoms with Gasteiger partial charge in [0.1, 0.15) is 0 Å². The second-order valence-electron chi connectivity index (χ2n) is 8.97. The van der Waals surface area contributed by atoms with Crippen LogP contribution in [0.15, 0.2) is 0 Å². The van der Waals surface area contributed by atoms with Gasteiger partial charge in [-0.25, -0.2) is 0 Å². The molecule has 3 aliphatic rings. The van der Waals surface area contributed by atoms with Gasteiger partial charge in [0.15, 0.2) is 0 Å². The van der Waals surface area contributed by atoms with Crippen molar-refractivity contribution >= 4 is 0 Å². The van der Waals surface area contributed by atoms with Crippen molar-refractivity contribution in [3.8, 4) is 0 Å². The fraction of sp³-hybridized carbons (Fsp3) is 1.00. The number of nitrogens with one attached hydrogen (secondary N) is 1. The van der Waals surface area contributed by atoms with Crippen LogP contribution in [0.5, 0.6) is 0 Å². The molecule has 1 aliphatic heterocycles. The molecule has 1 heterocycles. The molecule has 2 unspecified atom stereocenters. The van der Waals surface area contributed by atoms with Crippen molar-refractivity contribution in [2.75, 3.05) is 26.2 Å². The molecule has 3 fully saturated rings. The summed E-state index contributed by atoms with van der Waals surface area (Å²) >= 11 is 0. The zero-order valence-corrected chi connectivity index (χ0v) is 14.5. The number of hydrogen-bond acceptors (Lipinski definition) is 2. The standard InChI is InChI=1S/C19H36N2/c1-15(2)11-20-13-19(8-6-16(3)7-9-19)14-21-12-17-4-5-18(21)10-17/h15-18,20H,4-14H2,1-3H3. The lowest BCUT2D eigenvalue weighted by atomic mass is 9.70. The molecule has 0 aromatic heterocycles. The summed E-state index contributed by atoms with van der Waals surface area (Å²) in [5, 5.41) is 3.80. The Bertz CT molecular complexity index is 330. The summed E-state index contributed by atoms with van der Waals surface area (Å²) in [5.41, 5.74) is 0.575. The van der Waals surface area contributed by atoms with E-state index in [0.717, 1.165) is 23.8 Å². The summed E-state index contributed by atoms with van der Waals surface area (Å²) in [6.07, 6.45) is 10.3. The Morgan fingerprint density at radius 2 is 1.90 bits per heavy atom. The Hall–Kier alpha value is -0.0800. The molecule has 2 bridgehead atoms. The van der Waals surface area contributed by atoms with Gasteiger partial charge in [-0.1, -0.05) is 33.6 Å². The lowest BCUT2D eigenvalue weighted by molar-refractivity contribution is 0.0694. The largest absolute Gasteiger partial charge is 0.316 e. The maximum Gasteiger partial charge on any atom is 0.00988 e. The molecule has 1 N–H and O–H groups in total. The third-order valence-corrected chi connectivity index (χ3v) is 6.45. The van der Waals surface area contributed by atoms with Crippen LogP contribution in [0.25, 0.3) is 0 Å². The van der Waals surface area contributed by atoms with Crippen LogP contribution in [0.4, 0.5) is 0 Å². The Labute approximate surface area is 132 Å². The molecule has 2 atom stereocenters. The van der Waals surface area contributed by atoms with Crippen molar-refractivity contribution in [3.05, 3.63) is 0 Å². The summed E-state index contributed by atoms with van der Waals surface area (Å²) in [4.78, 5) is 2.88. The van der Waals surface area contributed by atoms with Gasteiger partial charge < -0.3 is 5.32 Å². The van der Waals surface area contributed by atoms with Crippen LogP contribution < -0.4 is 5.32 Å². The molecule has 0 radical (unpaired) electrons. The molecule has 2 saturated carbocycles. The Morgan fingerprint density at radius 3 is 2.48 bits per heavy atom. The molecule has 0 aromatic carbocycles. The minimum Gasteiger partial charge on any atom is -0.316 e. The maximum absolute atomic E-state index is 3.80. The fourth-order valence-corrected chi connectivity index (χ4v) is 5.04. The third-order valence-electron chi connectivity index (χ3n) is 6.45. The molecule has 0 aromatic rings. The highest BCUT2D eigenvalue weighted by Gasteiger charge is 2.43. The first kappa shape index (κ1) is 15.8. The highest BCUT2D eigenvalue weighted by molar-refractivity contribution is 4.97. The van der Waals surface area contributed by atoms with E-state index in [4.69, 9.17) is 0 Å². The normalized spacial score (nSPS) is 40.3. The van der Waals surface area contributed by atoms with E-state index in [1.54, 1.807) is 0 Å². The summed E-state index contributed by atoms with van der Waals surface area (Å²) < 4.78 is 0. The van der Waals surface area contributed by atoms with Crippen LogP contribution >= 0.6 is 0 Å². The van der Waals surface area contributed by atoms with Crippen molar-refractivity contribution in [1.29, 1.82) is 0 Å². The van der Waals surface area contributed by atoms with E-state index < -0.39 is 0 Å². The lowest BCUT2D eigenvalue weighted by Crippen LogP contribution is -2.48. The van der Waals surface area contributed by atoms with Crippen LogP contribution in [0.3, 0.4) is 0 Å². The first-order chi connectivity index (χ1) is 10.1. The second kappa shape index (κ2) is 6.58. The average molecular weight is 293 g/mol. The fourth-order valence-electron chi connectivity index (χ4n) is 5.04. The number of likely N-dealkylation sites (tertiary alicyclic amines) is 1. The first-order valence-corrected chi connectivity index (χ1v) is 9.51. The molecular formula is C19H36N2. The molecule has 0 spiro atoms. The third kappa shape index (κ3) is 3.82. The van der Waals surface area contributed by atoms with Gasteiger partial charge in [-0.2, -0.15) is 0 Å². The lowest BCUT2D eigenvalue weighted by Gasteiger charge is -2.44. The van der Waals surface area contributed by atoms with Crippen molar-refractivity contribution < 1.29 is 0 Å². The number of rotatable bonds is 6. The highest BCUT2D eigenvalue weighted by atomic mass is 15.2. The quantitative estimate of drug-likeness (QED) is 0.798. The van der Waals surface area contributed by atoms with E-state index in [-0.39, 0.29) is 0 Å². The average Bonchev–Trinajstić information content (AvgIpc) is 3.04. The van der Waals surface area contributed by atoms with Gasteiger partial charge in [-0.05, 0) is 61.8 Å². The predicted molar refractivity (Wildman–Crippen MR) is 90.5 cm³/mol. The number of fused-ring (bicyclic) bond motifs is 2. The van der Waals surface area contributed by atoms with E-state index in [9.17, 15) is 0 Å². The Kier molecular flexibility index (Phi) is 4.95. The van der Waals surface area contributed by atoms with E-state index >= 15 is 0 Å². The zero-order chi connectivity index (χ0) is 14.9. The van der Waals surface area contributed by atoms with Crippen LogP contribution in [0.1, 0.15) is 65.7 Å². The molecule has 21 heavy (non-hydrogen) atoms. The molecule has 2 aliphatic carbocycles. The topological polar surface area (TPSA) is 15.3 Å². The van der Waals surface area contributed by atoms with Crippen LogP contribution in [-0.2, 0) is 0 Å². The SMILES string of the molecule is CC(C)CNCC1(CN2CC3CCC2C3)CCC(C)CC1. The highest BCUT2D eigenvalue weighted by Crippen LogP contribution is 2.44. The van der Waals surface area contributed by atoms with Gasteiger partial charge >= 0.3 is 0 Å². The number of piperidine rings is 1. The number of hydrogen-bond donors (Lipinski definition) is 1. The molecule has 0 amide bonds. The Morgan fingerprint density at radius 1 is 1.14 bits per heavy atom.